The van der Waals surface area contributed by atoms with E-state index in [0.29, 0.717) is 6.42 Å². The molecule has 0 atom stereocenters. The van der Waals surface area contributed by atoms with Crippen LogP contribution < -0.4 is 4.90 Å². The molecule has 0 saturated carbocycles. The maximum Gasteiger partial charge on any atom is 0.228 e. The molecule has 1 aliphatic heterocycles. The van der Waals surface area contributed by atoms with Crippen LogP contribution in [0.2, 0.25) is 0 Å². The molecule has 1 saturated heterocycles. The average molecular weight is 190 g/mol. The van der Waals surface area contributed by atoms with Gasteiger partial charge >= 0.3 is 0 Å². The zero-order valence-corrected chi connectivity index (χ0v) is 8.53. The van der Waals surface area contributed by atoms with Crippen LogP contribution in [0.4, 0.5) is 5.82 Å². The molecule has 0 N–H and O–H groups in total. The first kappa shape index (κ1) is 9.19. The van der Waals surface area contributed by atoms with E-state index in [1.165, 1.54) is 0 Å². The molecule has 1 aromatic rings. The monoisotopic (exact) mass is 190 g/mol. The van der Waals surface area contributed by atoms with Crippen LogP contribution in [-0.2, 0) is 4.79 Å². The number of rotatable bonds is 1. The second-order valence-corrected chi connectivity index (χ2v) is 4.23. The summed E-state index contributed by atoms with van der Waals surface area (Å²) < 4.78 is 0. The number of aromatic nitrogens is 1. The molecular formula is C11H14N2O. The van der Waals surface area contributed by atoms with E-state index in [-0.39, 0.29) is 11.4 Å². The lowest BCUT2D eigenvalue weighted by Crippen LogP contribution is -2.41. The summed E-state index contributed by atoms with van der Waals surface area (Å²) in [4.78, 5) is 17.7. The molecule has 74 valence electrons. The highest BCUT2D eigenvalue weighted by Gasteiger charge is 2.39. The van der Waals surface area contributed by atoms with Crippen LogP contribution >= 0.6 is 0 Å². The van der Waals surface area contributed by atoms with Gasteiger partial charge in [-0.25, -0.2) is 4.98 Å². The van der Waals surface area contributed by atoms with Gasteiger partial charge in [0, 0.05) is 18.2 Å². The molecule has 0 spiro atoms. The fourth-order valence-electron chi connectivity index (χ4n) is 1.90. The summed E-state index contributed by atoms with van der Waals surface area (Å²) in [6.07, 6.45) is 3.25. The van der Waals surface area contributed by atoms with Crippen molar-refractivity contribution in [2.75, 3.05) is 4.90 Å². The first-order chi connectivity index (χ1) is 6.61. The summed E-state index contributed by atoms with van der Waals surface area (Å²) in [5.41, 5.74) is -0.0918. The molecule has 1 aliphatic rings. The van der Waals surface area contributed by atoms with Gasteiger partial charge in [0.25, 0.3) is 0 Å². The number of hydrogen-bond donors (Lipinski definition) is 0. The lowest BCUT2D eigenvalue weighted by atomic mass is 10.0. The van der Waals surface area contributed by atoms with Crippen molar-refractivity contribution >= 4 is 11.7 Å². The summed E-state index contributed by atoms with van der Waals surface area (Å²) in [6.45, 7) is 4.15. The lowest BCUT2D eigenvalue weighted by Gasteiger charge is -2.30. The first-order valence-electron chi connectivity index (χ1n) is 4.85. The van der Waals surface area contributed by atoms with Crippen LogP contribution in [0, 0.1) is 0 Å². The molecule has 0 radical (unpaired) electrons. The fourth-order valence-corrected chi connectivity index (χ4v) is 1.90. The van der Waals surface area contributed by atoms with E-state index in [9.17, 15) is 4.79 Å². The maximum absolute atomic E-state index is 11.7. The third kappa shape index (κ3) is 1.39. The zero-order chi connectivity index (χ0) is 10.2. The van der Waals surface area contributed by atoms with E-state index < -0.39 is 0 Å². The van der Waals surface area contributed by atoms with Gasteiger partial charge < -0.3 is 0 Å². The molecule has 0 unspecified atom stereocenters. The zero-order valence-electron chi connectivity index (χ0n) is 8.53. The molecule has 14 heavy (non-hydrogen) atoms. The number of nitrogens with zero attached hydrogens (tertiary/aromatic N) is 2. The predicted octanol–water partition coefficient (Wildman–Crippen LogP) is 1.99. The van der Waals surface area contributed by atoms with E-state index in [1.54, 1.807) is 11.1 Å². The van der Waals surface area contributed by atoms with E-state index in [2.05, 4.69) is 18.8 Å². The molecule has 1 fully saturated rings. The van der Waals surface area contributed by atoms with Crippen molar-refractivity contribution in [1.82, 2.24) is 4.98 Å². The quantitative estimate of drug-likeness (QED) is 0.678. The third-order valence-electron chi connectivity index (χ3n) is 2.68. The summed E-state index contributed by atoms with van der Waals surface area (Å²) >= 11 is 0. The standard InChI is InChI=1S/C11H14N2O/c1-11(2)7-6-10(14)13(11)9-5-3-4-8-12-9/h3-5,8H,6-7H2,1-2H3. The Labute approximate surface area is 83.8 Å². The van der Waals surface area contributed by atoms with Crippen LogP contribution in [0.3, 0.4) is 0 Å². The van der Waals surface area contributed by atoms with Crippen molar-refractivity contribution in [2.24, 2.45) is 0 Å². The highest BCUT2D eigenvalue weighted by atomic mass is 16.2. The minimum atomic E-state index is -0.0918. The Hall–Kier alpha value is -1.38. The van der Waals surface area contributed by atoms with Crippen LogP contribution in [0.25, 0.3) is 0 Å². The molecule has 2 rings (SSSR count). The van der Waals surface area contributed by atoms with Gasteiger partial charge in [-0.3, -0.25) is 9.69 Å². The van der Waals surface area contributed by atoms with Crippen LogP contribution in [-0.4, -0.2) is 16.4 Å². The van der Waals surface area contributed by atoms with Gasteiger partial charge in [-0.15, -0.1) is 0 Å². The van der Waals surface area contributed by atoms with Crippen molar-refractivity contribution in [1.29, 1.82) is 0 Å². The maximum atomic E-state index is 11.7. The number of carbonyl (C=O) groups excluding carboxylic acids is 1. The molecule has 0 aromatic carbocycles. The van der Waals surface area contributed by atoms with Crippen LogP contribution in [0.15, 0.2) is 24.4 Å². The molecule has 1 aromatic heterocycles. The second kappa shape index (κ2) is 3.08. The smallest absolute Gasteiger partial charge is 0.228 e. The number of hydrogen-bond acceptors (Lipinski definition) is 2. The van der Waals surface area contributed by atoms with Gasteiger partial charge in [-0.1, -0.05) is 6.07 Å². The summed E-state index contributed by atoms with van der Waals surface area (Å²) in [6, 6.07) is 5.64. The molecule has 0 bridgehead atoms. The van der Waals surface area contributed by atoms with E-state index in [1.807, 2.05) is 18.2 Å². The fraction of sp³-hybridized carbons (Fsp3) is 0.455. The molecule has 1 amide bonds. The second-order valence-electron chi connectivity index (χ2n) is 4.23. The number of anilines is 1. The Morgan fingerprint density at radius 2 is 2.21 bits per heavy atom. The first-order valence-corrected chi connectivity index (χ1v) is 4.85. The Kier molecular flexibility index (Phi) is 2.02. The van der Waals surface area contributed by atoms with E-state index >= 15 is 0 Å². The molecule has 3 nitrogen and oxygen atoms in total. The average Bonchev–Trinajstić information content (AvgIpc) is 2.42. The summed E-state index contributed by atoms with van der Waals surface area (Å²) in [5, 5.41) is 0. The number of amides is 1. The highest BCUT2D eigenvalue weighted by molar-refractivity contribution is 5.96. The minimum absolute atomic E-state index is 0.0918. The lowest BCUT2D eigenvalue weighted by molar-refractivity contribution is -0.117. The topological polar surface area (TPSA) is 33.2 Å². The predicted molar refractivity (Wildman–Crippen MR) is 55.0 cm³/mol. The normalized spacial score (nSPS) is 20.1. The van der Waals surface area contributed by atoms with Crippen LogP contribution in [0.5, 0.6) is 0 Å². The van der Waals surface area contributed by atoms with Gasteiger partial charge in [0.1, 0.15) is 5.82 Å². The van der Waals surface area contributed by atoms with Crippen LogP contribution in [0.1, 0.15) is 26.7 Å². The number of pyridine rings is 1. The molecule has 3 heteroatoms. The van der Waals surface area contributed by atoms with Crippen molar-refractivity contribution in [2.45, 2.75) is 32.2 Å². The Bertz CT molecular complexity index is 346. The Morgan fingerprint density at radius 1 is 1.43 bits per heavy atom. The molecular weight excluding hydrogens is 176 g/mol. The highest BCUT2D eigenvalue weighted by Crippen LogP contribution is 2.32. The van der Waals surface area contributed by atoms with Gasteiger partial charge in [0.15, 0.2) is 0 Å². The van der Waals surface area contributed by atoms with E-state index in [4.69, 9.17) is 0 Å². The minimum Gasteiger partial charge on any atom is -0.291 e. The van der Waals surface area contributed by atoms with Gasteiger partial charge in [-0.2, -0.15) is 0 Å². The van der Waals surface area contributed by atoms with E-state index in [0.717, 1.165) is 12.2 Å². The molecule has 2 heterocycles. The van der Waals surface area contributed by atoms with Gasteiger partial charge in [0.2, 0.25) is 5.91 Å². The summed E-state index contributed by atoms with van der Waals surface area (Å²) in [5.74, 6) is 0.939. The van der Waals surface area contributed by atoms with Crippen molar-refractivity contribution in [3.63, 3.8) is 0 Å². The van der Waals surface area contributed by atoms with Crippen molar-refractivity contribution in [3.05, 3.63) is 24.4 Å². The largest absolute Gasteiger partial charge is 0.291 e. The third-order valence-corrected chi connectivity index (χ3v) is 2.68. The Balaban J connectivity index is 2.38. The Morgan fingerprint density at radius 3 is 2.71 bits per heavy atom. The SMILES string of the molecule is CC1(C)CCC(=O)N1c1ccccn1. The van der Waals surface area contributed by atoms with Gasteiger partial charge in [0.05, 0.1) is 0 Å². The summed E-state index contributed by atoms with van der Waals surface area (Å²) in [7, 11) is 0. The molecule has 0 aliphatic carbocycles. The van der Waals surface area contributed by atoms with Crippen molar-refractivity contribution in [3.8, 4) is 0 Å². The van der Waals surface area contributed by atoms with Crippen molar-refractivity contribution < 1.29 is 4.79 Å². The number of carbonyl (C=O) groups is 1. The van der Waals surface area contributed by atoms with Gasteiger partial charge in [-0.05, 0) is 32.4 Å².